The highest BCUT2D eigenvalue weighted by Crippen LogP contribution is 2.53. The van der Waals surface area contributed by atoms with Crippen LogP contribution in [0.3, 0.4) is 0 Å². The van der Waals surface area contributed by atoms with Crippen LogP contribution >= 0.6 is 0 Å². The smallest absolute Gasteiger partial charge is 0.460 e. The van der Waals surface area contributed by atoms with E-state index in [2.05, 4.69) is 15.0 Å². The Morgan fingerprint density at radius 3 is 1.53 bits per heavy atom. The van der Waals surface area contributed by atoms with Gasteiger partial charge in [0.15, 0.2) is 6.61 Å². The van der Waals surface area contributed by atoms with Crippen LogP contribution in [0, 0.1) is 0 Å². The van der Waals surface area contributed by atoms with Gasteiger partial charge in [0.25, 0.3) is 0 Å². The summed E-state index contributed by atoms with van der Waals surface area (Å²) in [6.07, 6.45) is -6.88. The van der Waals surface area contributed by atoms with E-state index in [-0.39, 0.29) is 11.4 Å². The van der Waals surface area contributed by atoms with Crippen molar-refractivity contribution in [3.05, 3.63) is 48.5 Å². The van der Waals surface area contributed by atoms with Gasteiger partial charge in [0.05, 0.1) is 11.4 Å². The van der Waals surface area contributed by atoms with Gasteiger partial charge in [-0.1, -0.05) is 0 Å². The highest BCUT2D eigenvalue weighted by molar-refractivity contribution is 5.43. The van der Waals surface area contributed by atoms with E-state index < -0.39 is 36.3 Å². The number of benzene rings is 2. The Bertz CT molecular complexity index is 880. The standard InChI is InChI=1S/C17H11F9N2O2/c18-14(19,15(20,21)16(22,23)17(24,25)26)9-30-13-7-3-11(4-8-13)28-27-10-1-5-12(29)6-2-10/h1-8,29H,9H2. The zero-order valence-corrected chi connectivity index (χ0v) is 14.5. The molecule has 30 heavy (non-hydrogen) atoms. The fourth-order valence-corrected chi connectivity index (χ4v) is 1.92. The van der Waals surface area contributed by atoms with E-state index in [1.54, 1.807) is 0 Å². The summed E-state index contributed by atoms with van der Waals surface area (Å²) < 4.78 is 119. The first-order chi connectivity index (χ1) is 13.7. The second-order valence-electron chi connectivity index (χ2n) is 5.85. The summed E-state index contributed by atoms with van der Waals surface area (Å²) in [6.45, 7) is -2.43. The van der Waals surface area contributed by atoms with Gasteiger partial charge in [0.2, 0.25) is 0 Å². The molecule has 2 aromatic rings. The molecule has 0 aromatic heterocycles. The Labute approximate surface area is 162 Å². The second kappa shape index (κ2) is 8.03. The van der Waals surface area contributed by atoms with Gasteiger partial charge in [-0.05, 0) is 48.5 Å². The van der Waals surface area contributed by atoms with Crippen LogP contribution in [-0.2, 0) is 0 Å². The molecule has 0 fully saturated rings. The van der Waals surface area contributed by atoms with Crippen LogP contribution in [0.15, 0.2) is 58.8 Å². The molecule has 4 nitrogen and oxygen atoms in total. The molecule has 164 valence electrons. The van der Waals surface area contributed by atoms with Crippen LogP contribution in [0.4, 0.5) is 50.9 Å². The maximum Gasteiger partial charge on any atom is 0.460 e. The minimum atomic E-state index is -6.97. The van der Waals surface area contributed by atoms with E-state index >= 15 is 0 Å². The molecular weight excluding hydrogens is 435 g/mol. The molecular formula is C17H11F9N2O2. The lowest BCUT2D eigenvalue weighted by Gasteiger charge is -2.33. The van der Waals surface area contributed by atoms with E-state index in [1.165, 1.54) is 24.3 Å². The predicted octanol–water partition coefficient (Wildman–Crippen LogP) is 6.65. The monoisotopic (exact) mass is 446 g/mol. The van der Waals surface area contributed by atoms with Gasteiger partial charge in [0, 0.05) is 0 Å². The van der Waals surface area contributed by atoms with E-state index in [1.807, 2.05) is 0 Å². The van der Waals surface area contributed by atoms with Crippen molar-refractivity contribution in [2.75, 3.05) is 6.61 Å². The van der Waals surface area contributed by atoms with Gasteiger partial charge in [-0.25, -0.2) is 0 Å². The van der Waals surface area contributed by atoms with Gasteiger partial charge >= 0.3 is 23.9 Å². The number of phenolic OH excluding ortho intramolecular Hbond substituents is 1. The Morgan fingerprint density at radius 1 is 0.667 bits per heavy atom. The minimum absolute atomic E-state index is 0.00849. The molecule has 0 radical (unpaired) electrons. The Hall–Kier alpha value is -2.99. The fraction of sp³-hybridized carbons (Fsp3) is 0.294. The van der Waals surface area contributed by atoms with Gasteiger partial charge in [-0.3, -0.25) is 0 Å². The van der Waals surface area contributed by atoms with Crippen molar-refractivity contribution < 1.29 is 49.4 Å². The third-order valence-electron chi connectivity index (χ3n) is 3.60. The number of halogens is 9. The number of ether oxygens (including phenoxy) is 1. The van der Waals surface area contributed by atoms with Crippen LogP contribution in [0.5, 0.6) is 11.5 Å². The number of rotatable bonds is 7. The number of nitrogens with zero attached hydrogens (tertiary/aromatic N) is 2. The average Bonchev–Trinajstić information content (AvgIpc) is 2.65. The highest BCUT2D eigenvalue weighted by atomic mass is 19.4. The Balaban J connectivity index is 2.05. The quantitative estimate of drug-likeness (QED) is 0.382. The maximum absolute atomic E-state index is 13.4. The molecule has 0 spiro atoms. The Kier molecular flexibility index (Phi) is 6.23. The molecule has 0 unspecified atom stereocenters. The fourth-order valence-electron chi connectivity index (χ4n) is 1.92. The average molecular weight is 446 g/mol. The molecule has 2 rings (SSSR count). The number of hydrogen-bond acceptors (Lipinski definition) is 4. The predicted molar refractivity (Wildman–Crippen MR) is 85.1 cm³/mol. The minimum Gasteiger partial charge on any atom is -0.508 e. The summed E-state index contributed by atoms with van der Waals surface area (Å²) in [5.74, 6) is -20.1. The first-order valence-corrected chi connectivity index (χ1v) is 7.81. The zero-order valence-electron chi connectivity index (χ0n) is 14.5. The van der Waals surface area contributed by atoms with Crippen molar-refractivity contribution in [1.82, 2.24) is 0 Å². The zero-order chi connectivity index (χ0) is 22.8. The van der Waals surface area contributed by atoms with Gasteiger partial charge < -0.3 is 9.84 Å². The maximum atomic E-state index is 13.4. The summed E-state index contributed by atoms with van der Waals surface area (Å²) in [6, 6.07) is 9.69. The summed E-state index contributed by atoms with van der Waals surface area (Å²) in [5, 5.41) is 16.7. The number of aromatic hydroxyl groups is 1. The molecule has 13 heteroatoms. The molecule has 1 N–H and O–H groups in total. The number of hydrogen-bond donors (Lipinski definition) is 1. The van der Waals surface area contributed by atoms with Crippen LogP contribution in [0.2, 0.25) is 0 Å². The molecule has 0 heterocycles. The molecule has 0 aliphatic carbocycles. The summed E-state index contributed by atoms with van der Waals surface area (Å²) in [7, 11) is 0. The largest absolute Gasteiger partial charge is 0.508 e. The molecule has 0 aliphatic heterocycles. The van der Waals surface area contributed by atoms with Crippen LogP contribution in [0.1, 0.15) is 0 Å². The molecule has 0 saturated carbocycles. The summed E-state index contributed by atoms with van der Waals surface area (Å²) >= 11 is 0. The SMILES string of the molecule is Oc1ccc(N=Nc2ccc(OCC(F)(F)C(F)(F)C(F)(F)C(F)(F)F)cc2)cc1. The van der Waals surface area contributed by atoms with Crippen molar-refractivity contribution in [3.8, 4) is 11.5 Å². The summed E-state index contributed by atoms with van der Waals surface area (Å²) in [4.78, 5) is 0. The molecule has 0 amide bonds. The van der Waals surface area contributed by atoms with Crippen molar-refractivity contribution in [2.24, 2.45) is 10.2 Å². The van der Waals surface area contributed by atoms with Gasteiger partial charge in [-0.15, -0.1) is 0 Å². The number of phenols is 1. The molecule has 0 bridgehead atoms. The third-order valence-corrected chi connectivity index (χ3v) is 3.60. The molecule has 2 aromatic carbocycles. The molecule has 0 saturated heterocycles. The van der Waals surface area contributed by atoms with Gasteiger partial charge in [-0.2, -0.15) is 49.7 Å². The van der Waals surface area contributed by atoms with E-state index in [0.717, 1.165) is 24.3 Å². The lowest BCUT2D eigenvalue weighted by atomic mass is 10.0. The van der Waals surface area contributed by atoms with Crippen molar-refractivity contribution in [3.63, 3.8) is 0 Å². The normalized spacial score (nSPS) is 13.6. The molecule has 0 atom stereocenters. The first kappa shape index (κ1) is 23.3. The van der Waals surface area contributed by atoms with E-state index in [0.29, 0.717) is 5.69 Å². The van der Waals surface area contributed by atoms with E-state index in [4.69, 9.17) is 5.11 Å². The lowest BCUT2D eigenvalue weighted by molar-refractivity contribution is -0.398. The third kappa shape index (κ3) is 4.76. The highest BCUT2D eigenvalue weighted by Gasteiger charge is 2.81. The van der Waals surface area contributed by atoms with Crippen LogP contribution in [-0.4, -0.2) is 35.7 Å². The van der Waals surface area contributed by atoms with Crippen LogP contribution in [0.25, 0.3) is 0 Å². The number of alkyl halides is 9. The van der Waals surface area contributed by atoms with Gasteiger partial charge in [0.1, 0.15) is 11.5 Å². The van der Waals surface area contributed by atoms with Crippen molar-refractivity contribution >= 4 is 11.4 Å². The van der Waals surface area contributed by atoms with Crippen molar-refractivity contribution in [1.29, 1.82) is 0 Å². The van der Waals surface area contributed by atoms with Crippen LogP contribution < -0.4 is 4.74 Å². The first-order valence-electron chi connectivity index (χ1n) is 7.81. The topological polar surface area (TPSA) is 54.2 Å². The Morgan fingerprint density at radius 2 is 1.10 bits per heavy atom. The number of azo groups is 1. The molecule has 0 aliphatic rings. The summed E-state index contributed by atoms with van der Waals surface area (Å²) in [5.41, 5.74) is 0.497. The van der Waals surface area contributed by atoms with Crippen molar-refractivity contribution in [2.45, 2.75) is 23.9 Å². The van der Waals surface area contributed by atoms with E-state index in [9.17, 15) is 39.5 Å². The second-order valence-corrected chi connectivity index (χ2v) is 5.85. The lowest BCUT2D eigenvalue weighted by Crippen LogP contribution is -2.62.